The maximum absolute atomic E-state index is 13.9. The Morgan fingerprint density at radius 2 is 1.92 bits per heavy atom. The number of carbonyl (C=O) groups is 1. The Bertz CT molecular complexity index is 1400. The number of nitro groups is 1. The van der Waals surface area contributed by atoms with Gasteiger partial charge < -0.3 is 9.64 Å². The molecule has 8 nitrogen and oxygen atoms in total. The molecular weight excluding hydrogens is 500 g/mol. The summed E-state index contributed by atoms with van der Waals surface area (Å²) in [6.07, 6.45) is 0. The molecule has 0 spiro atoms. The van der Waals surface area contributed by atoms with Crippen LogP contribution in [0.3, 0.4) is 0 Å². The van der Waals surface area contributed by atoms with Crippen molar-refractivity contribution in [2.45, 2.75) is 13.5 Å². The molecule has 184 valence electrons. The van der Waals surface area contributed by atoms with Crippen LogP contribution in [0.4, 0.5) is 16.5 Å². The number of hydrogen-bond donors (Lipinski definition) is 0. The molecule has 1 amide bonds. The number of anilines is 2. The Morgan fingerprint density at radius 1 is 1.17 bits per heavy atom. The standard InChI is InChI=1S/C26H23ClN4O4S/c1-17-7-9-20(27)24-23(17)28-26(36-24)30(16-18-5-3-2-4-6-18)25(32)19-8-10-21(22(15-19)31(33)34)29-11-13-35-14-12-29/h2-10,15H,11-14,16H2,1H3. The third-order valence-corrected chi connectivity index (χ3v) is 7.66. The van der Waals surface area contributed by atoms with Gasteiger partial charge in [-0.2, -0.15) is 0 Å². The van der Waals surface area contributed by atoms with Crippen LogP contribution >= 0.6 is 22.9 Å². The summed E-state index contributed by atoms with van der Waals surface area (Å²) in [4.78, 5) is 33.6. The van der Waals surface area contributed by atoms with E-state index in [2.05, 4.69) is 0 Å². The maximum atomic E-state index is 13.9. The largest absolute Gasteiger partial charge is 0.378 e. The summed E-state index contributed by atoms with van der Waals surface area (Å²) >= 11 is 7.76. The van der Waals surface area contributed by atoms with E-state index in [1.165, 1.54) is 17.4 Å². The highest BCUT2D eigenvalue weighted by Crippen LogP contribution is 2.37. The number of hydrogen-bond acceptors (Lipinski definition) is 7. The van der Waals surface area contributed by atoms with Crippen molar-refractivity contribution in [2.24, 2.45) is 0 Å². The average molecular weight is 523 g/mol. The molecule has 2 heterocycles. The van der Waals surface area contributed by atoms with E-state index in [1.54, 1.807) is 17.0 Å². The normalized spacial score (nSPS) is 13.7. The summed E-state index contributed by atoms with van der Waals surface area (Å²) in [5.74, 6) is -0.372. The Hall–Kier alpha value is -3.53. The van der Waals surface area contributed by atoms with Gasteiger partial charge in [0.25, 0.3) is 11.6 Å². The van der Waals surface area contributed by atoms with Crippen molar-refractivity contribution in [3.8, 4) is 0 Å². The number of nitro benzene ring substituents is 1. The van der Waals surface area contributed by atoms with Crippen molar-refractivity contribution >= 4 is 55.6 Å². The van der Waals surface area contributed by atoms with E-state index in [9.17, 15) is 14.9 Å². The van der Waals surface area contributed by atoms with Crippen molar-refractivity contribution in [1.82, 2.24) is 4.98 Å². The van der Waals surface area contributed by atoms with Gasteiger partial charge in [0.05, 0.1) is 39.9 Å². The molecule has 4 aromatic rings. The molecule has 1 fully saturated rings. The first-order valence-electron chi connectivity index (χ1n) is 11.4. The molecule has 0 aliphatic carbocycles. The van der Waals surface area contributed by atoms with Gasteiger partial charge in [-0.3, -0.25) is 19.8 Å². The summed E-state index contributed by atoms with van der Waals surface area (Å²) in [5, 5.41) is 13.0. The van der Waals surface area contributed by atoms with Crippen molar-refractivity contribution in [1.29, 1.82) is 0 Å². The third-order valence-electron chi connectivity index (χ3n) is 6.12. The van der Waals surface area contributed by atoms with Gasteiger partial charge in [-0.25, -0.2) is 4.98 Å². The molecule has 1 aliphatic heterocycles. The van der Waals surface area contributed by atoms with Gasteiger partial charge >= 0.3 is 0 Å². The van der Waals surface area contributed by atoms with E-state index in [-0.39, 0.29) is 23.7 Å². The highest BCUT2D eigenvalue weighted by molar-refractivity contribution is 7.23. The molecule has 0 radical (unpaired) electrons. The molecule has 3 aromatic carbocycles. The van der Waals surface area contributed by atoms with Crippen LogP contribution in [0.1, 0.15) is 21.5 Å². The summed E-state index contributed by atoms with van der Waals surface area (Å²) < 4.78 is 6.17. The number of morpholine rings is 1. The smallest absolute Gasteiger partial charge is 0.293 e. The number of fused-ring (bicyclic) bond motifs is 1. The summed E-state index contributed by atoms with van der Waals surface area (Å²) in [5.41, 5.74) is 3.20. The van der Waals surface area contributed by atoms with Gasteiger partial charge in [0.1, 0.15) is 5.69 Å². The molecule has 0 bridgehead atoms. The highest BCUT2D eigenvalue weighted by Gasteiger charge is 2.27. The van der Waals surface area contributed by atoms with Crippen molar-refractivity contribution in [3.05, 3.63) is 92.5 Å². The maximum Gasteiger partial charge on any atom is 0.293 e. The number of aryl methyl sites for hydroxylation is 1. The van der Waals surface area contributed by atoms with Gasteiger partial charge in [0.15, 0.2) is 5.13 Å². The van der Waals surface area contributed by atoms with Crippen molar-refractivity contribution in [2.75, 3.05) is 36.1 Å². The summed E-state index contributed by atoms with van der Waals surface area (Å²) in [6, 6.07) is 17.9. The number of benzene rings is 3. The zero-order valence-corrected chi connectivity index (χ0v) is 21.1. The Labute approximate surface area is 216 Å². The van der Waals surface area contributed by atoms with Crippen LogP contribution in [0, 0.1) is 17.0 Å². The first-order valence-corrected chi connectivity index (χ1v) is 12.6. The minimum Gasteiger partial charge on any atom is -0.378 e. The Balaban J connectivity index is 1.57. The fraction of sp³-hybridized carbons (Fsp3) is 0.231. The number of amides is 1. The quantitative estimate of drug-likeness (QED) is 0.233. The topological polar surface area (TPSA) is 88.8 Å². The SMILES string of the molecule is Cc1ccc(Cl)c2sc(N(Cc3ccccc3)C(=O)c3ccc(N4CCOCC4)c([N+](=O)[O-])c3)nc12. The number of rotatable bonds is 6. The molecule has 5 rings (SSSR count). The van der Waals surface area contributed by atoms with Gasteiger partial charge in [0.2, 0.25) is 0 Å². The molecule has 36 heavy (non-hydrogen) atoms. The van der Waals surface area contributed by atoms with E-state index < -0.39 is 4.92 Å². The van der Waals surface area contributed by atoms with Gasteiger partial charge in [-0.1, -0.05) is 59.3 Å². The molecule has 0 saturated carbocycles. The second-order valence-electron chi connectivity index (χ2n) is 8.48. The number of nitrogens with zero attached hydrogens (tertiary/aromatic N) is 4. The van der Waals surface area contributed by atoms with Crippen LogP contribution < -0.4 is 9.80 Å². The number of ether oxygens (including phenoxy) is 1. The van der Waals surface area contributed by atoms with E-state index in [4.69, 9.17) is 21.3 Å². The van der Waals surface area contributed by atoms with E-state index >= 15 is 0 Å². The first kappa shape index (κ1) is 24.2. The number of halogens is 1. The average Bonchev–Trinajstić information content (AvgIpc) is 3.36. The van der Waals surface area contributed by atoms with Crippen molar-refractivity contribution < 1.29 is 14.5 Å². The third kappa shape index (κ3) is 4.77. The first-order chi connectivity index (χ1) is 17.4. The molecule has 0 N–H and O–H groups in total. The minimum atomic E-state index is -0.441. The Morgan fingerprint density at radius 3 is 2.61 bits per heavy atom. The second kappa shape index (κ2) is 10.2. The number of thiazole rings is 1. The van der Waals surface area contributed by atoms with Gasteiger partial charge in [-0.15, -0.1) is 0 Å². The second-order valence-corrected chi connectivity index (χ2v) is 9.86. The minimum absolute atomic E-state index is 0.106. The fourth-order valence-electron chi connectivity index (χ4n) is 4.23. The van der Waals surface area contributed by atoms with Crippen molar-refractivity contribution in [3.63, 3.8) is 0 Å². The summed E-state index contributed by atoms with van der Waals surface area (Å²) in [7, 11) is 0. The van der Waals surface area contributed by atoms with Gasteiger partial charge in [0, 0.05) is 24.7 Å². The monoisotopic (exact) mass is 522 g/mol. The van der Waals surface area contributed by atoms with Gasteiger partial charge in [-0.05, 0) is 36.2 Å². The van der Waals surface area contributed by atoms with Crippen LogP contribution in [0.15, 0.2) is 60.7 Å². The van der Waals surface area contributed by atoms with Crippen LogP contribution in [0.2, 0.25) is 5.02 Å². The number of carbonyl (C=O) groups excluding carboxylic acids is 1. The fourth-order valence-corrected chi connectivity index (χ4v) is 5.54. The van der Waals surface area contributed by atoms with E-state index in [0.717, 1.165) is 21.3 Å². The molecule has 0 unspecified atom stereocenters. The van der Waals surface area contributed by atoms with Crippen LogP contribution in [0.25, 0.3) is 10.2 Å². The zero-order chi connectivity index (χ0) is 25.2. The molecule has 1 aromatic heterocycles. The molecule has 10 heteroatoms. The predicted molar refractivity (Wildman–Crippen MR) is 142 cm³/mol. The van der Waals surface area contributed by atoms with E-state index in [1.807, 2.05) is 54.3 Å². The lowest BCUT2D eigenvalue weighted by atomic mass is 10.1. The lowest BCUT2D eigenvalue weighted by Gasteiger charge is -2.28. The highest BCUT2D eigenvalue weighted by atomic mass is 35.5. The lowest BCUT2D eigenvalue weighted by molar-refractivity contribution is -0.384. The zero-order valence-electron chi connectivity index (χ0n) is 19.5. The molecular formula is C26H23ClN4O4S. The predicted octanol–water partition coefficient (Wildman–Crippen LogP) is 5.85. The van der Waals surface area contributed by atoms with Crippen LogP contribution in [0.5, 0.6) is 0 Å². The van der Waals surface area contributed by atoms with Crippen LogP contribution in [-0.2, 0) is 11.3 Å². The molecule has 0 atom stereocenters. The molecule has 1 aliphatic rings. The summed E-state index contributed by atoms with van der Waals surface area (Å²) in [6.45, 7) is 4.32. The number of aromatic nitrogens is 1. The Kier molecular flexibility index (Phi) is 6.86. The van der Waals surface area contributed by atoms with E-state index in [0.29, 0.717) is 42.1 Å². The lowest BCUT2D eigenvalue weighted by Crippen LogP contribution is -2.36. The van der Waals surface area contributed by atoms with Crippen LogP contribution in [-0.4, -0.2) is 42.1 Å². The molecule has 1 saturated heterocycles.